The molecule has 6 nitrogen and oxygen atoms in total. The van der Waals surface area contributed by atoms with Gasteiger partial charge in [-0.15, -0.1) is 0 Å². The lowest BCUT2D eigenvalue weighted by Crippen LogP contribution is -2.29. The first-order valence-electron chi connectivity index (χ1n) is 14.5. The van der Waals surface area contributed by atoms with E-state index in [-0.39, 0.29) is 17.9 Å². The fourth-order valence-electron chi connectivity index (χ4n) is 5.65. The summed E-state index contributed by atoms with van der Waals surface area (Å²) in [5.41, 5.74) is 5.61. The minimum atomic E-state index is -1.04. The predicted octanol–water partition coefficient (Wildman–Crippen LogP) is 7.06. The standard InChI is InChI=1S/C35H32F2N4O2/c36-29-11-7-10-25(33(29)37)20-31(42)38-27-16-17-30-28(21-27)32(35(43)40-30)34(24-8-3-1-4-9-24)39-26-14-12-23(13-15-26)22-41-18-5-2-6-19-41/h1,3-4,7-17,21,39H,2,5-6,18-20,22H2,(H,38,42)(H,40,43). The number of rotatable bonds is 8. The Hall–Kier alpha value is -4.82. The van der Waals surface area contributed by atoms with Crippen molar-refractivity contribution < 1.29 is 18.4 Å². The molecule has 43 heavy (non-hydrogen) atoms. The average molecular weight is 579 g/mol. The lowest BCUT2D eigenvalue weighted by molar-refractivity contribution is -0.115. The van der Waals surface area contributed by atoms with Gasteiger partial charge in [0, 0.05) is 34.7 Å². The summed E-state index contributed by atoms with van der Waals surface area (Å²) in [6.07, 6.45) is 3.46. The molecule has 2 heterocycles. The number of carbonyl (C=O) groups is 2. The lowest BCUT2D eigenvalue weighted by atomic mass is 9.99. The summed E-state index contributed by atoms with van der Waals surface area (Å²) in [4.78, 5) is 28.6. The second kappa shape index (κ2) is 12.6. The lowest BCUT2D eigenvalue weighted by Gasteiger charge is -2.26. The van der Waals surface area contributed by atoms with Crippen molar-refractivity contribution in [3.63, 3.8) is 0 Å². The van der Waals surface area contributed by atoms with Crippen LogP contribution in [0.4, 0.5) is 25.8 Å². The molecule has 0 spiro atoms. The van der Waals surface area contributed by atoms with Crippen LogP contribution >= 0.6 is 0 Å². The third kappa shape index (κ3) is 6.49. The molecule has 1 fully saturated rings. The van der Waals surface area contributed by atoms with E-state index in [2.05, 4.69) is 33.0 Å². The van der Waals surface area contributed by atoms with E-state index in [9.17, 15) is 18.4 Å². The molecule has 0 unspecified atom stereocenters. The normalized spacial score (nSPS) is 15.9. The minimum absolute atomic E-state index is 0.0337. The average Bonchev–Trinajstić information content (AvgIpc) is 3.34. The zero-order chi connectivity index (χ0) is 29.8. The van der Waals surface area contributed by atoms with Crippen LogP contribution in [0.5, 0.6) is 0 Å². The third-order valence-corrected chi connectivity index (χ3v) is 7.82. The second-order valence-corrected chi connectivity index (χ2v) is 10.9. The topological polar surface area (TPSA) is 73.5 Å². The Balaban J connectivity index is 1.28. The van der Waals surface area contributed by atoms with Crippen molar-refractivity contribution in [3.05, 3.63) is 125 Å². The Morgan fingerprint density at radius 2 is 1.56 bits per heavy atom. The van der Waals surface area contributed by atoms with Gasteiger partial charge in [-0.25, -0.2) is 8.78 Å². The summed E-state index contributed by atoms with van der Waals surface area (Å²) in [7, 11) is 0. The number of hydrogen-bond donors (Lipinski definition) is 3. The number of hydrogen-bond acceptors (Lipinski definition) is 4. The molecule has 2 aliphatic heterocycles. The number of amides is 2. The predicted molar refractivity (Wildman–Crippen MR) is 166 cm³/mol. The first kappa shape index (κ1) is 28.3. The van der Waals surface area contributed by atoms with Crippen molar-refractivity contribution in [1.29, 1.82) is 0 Å². The highest BCUT2D eigenvalue weighted by Gasteiger charge is 2.29. The molecular weight excluding hydrogens is 546 g/mol. The molecule has 218 valence electrons. The molecular formula is C35H32F2N4O2. The largest absolute Gasteiger partial charge is 0.354 e. The van der Waals surface area contributed by atoms with Crippen LogP contribution in [0.3, 0.4) is 0 Å². The molecule has 0 aromatic heterocycles. The number of nitrogens with zero attached hydrogens (tertiary/aromatic N) is 1. The molecule has 0 atom stereocenters. The van der Waals surface area contributed by atoms with Crippen molar-refractivity contribution in [2.45, 2.75) is 32.2 Å². The van der Waals surface area contributed by atoms with E-state index in [1.54, 1.807) is 18.2 Å². The van der Waals surface area contributed by atoms with Crippen molar-refractivity contribution >= 4 is 40.1 Å². The second-order valence-electron chi connectivity index (χ2n) is 10.9. The fourth-order valence-corrected chi connectivity index (χ4v) is 5.65. The number of fused-ring (bicyclic) bond motifs is 1. The van der Waals surface area contributed by atoms with Gasteiger partial charge in [0.15, 0.2) is 11.6 Å². The smallest absolute Gasteiger partial charge is 0.258 e. The number of piperidine rings is 1. The van der Waals surface area contributed by atoms with Crippen LogP contribution in [0.1, 0.15) is 41.5 Å². The molecule has 3 N–H and O–H groups in total. The Morgan fingerprint density at radius 3 is 2.33 bits per heavy atom. The van der Waals surface area contributed by atoms with E-state index < -0.39 is 17.5 Å². The van der Waals surface area contributed by atoms with E-state index in [0.29, 0.717) is 28.2 Å². The third-order valence-electron chi connectivity index (χ3n) is 7.82. The zero-order valence-electron chi connectivity index (χ0n) is 23.6. The Labute approximate surface area is 249 Å². The molecule has 0 aliphatic carbocycles. The van der Waals surface area contributed by atoms with Gasteiger partial charge in [0.05, 0.1) is 17.7 Å². The highest BCUT2D eigenvalue weighted by atomic mass is 19.2. The first-order valence-corrected chi connectivity index (χ1v) is 14.5. The van der Waals surface area contributed by atoms with E-state index in [0.717, 1.165) is 37.0 Å². The van der Waals surface area contributed by atoms with Crippen molar-refractivity contribution in [1.82, 2.24) is 4.90 Å². The number of carbonyl (C=O) groups excluding carboxylic acids is 2. The molecule has 0 bridgehead atoms. The number of likely N-dealkylation sites (tertiary alicyclic amines) is 1. The maximum atomic E-state index is 14.1. The van der Waals surface area contributed by atoms with E-state index in [1.165, 1.54) is 37.0 Å². The molecule has 0 radical (unpaired) electrons. The van der Waals surface area contributed by atoms with Crippen molar-refractivity contribution in [2.75, 3.05) is 29.0 Å². The maximum absolute atomic E-state index is 14.1. The van der Waals surface area contributed by atoms with Crippen molar-refractivity contribution in [3.8, 4) is 0 Å². The molecule has 4 aromatic rings. The van der Waals surface area contributed by atoms with Crippen LogP contribution in [0.15, 0.2) is 91.0 Å². The zero-order valence-corrected chi connectivity index (χ0v) is 23.6. The highest BCUT2D eigenvalue weighted by Crippen LogP contribution is 2.39. The SMILES string of the molecule is O=C(Cc1cccc(F)c1F)Nc1ccc2c(c1)C(=C(Nc1ccc(CN3CCCCC3)cc1)c1ccccc1)C(=O)N2. The number of anilines is 3. The Morgan fingerprint density at radius 1 is 0.814 bits per heavy atom. The van der Waals surface area contributed by atoms with Crippen LogP contribution in [0.2, 0.25) is 0 Å². The summed E-state index contributed by atoms with van der Waals surface area (Å²) in [6.45, 7) is 3.18. The molecule has 2 amide bonds. The van der Waals surface area contributed by atoms with E-state index in [4.69, 9.17) is 0 Å². The van der Waals surface area contributed by atoms with Crippen LogP contribution in [-0.2, 0) is 22.6 Å². The highest BCUT2D eigenvalue weighted by molar-refractivity contribution is 6.37. The molecule has 2 aliphatic rings. The summed E-state index contributed by atoms with van der Waals surface area (Å²) in [6, 6.07) is 26.7. The van der Waals surface area contributed by atoms with Gasteiger partial charge >= 0.3 is 0 Å². The van der Waals surface area contributed by atoms with Gasteiger partial charge in [-0.05, 0) is 73.5 Å². The van der Waals surface area contributed by atoms with E-state index in [1.807, 2.05) is 42.5 Å². The maximum Gasteiger partial charge on any atom is 0.258 e. The van der Waals surface area contributed by atoms with Crippen LogP contribution in [-0.4, -0.2) is 29.8 Å². The summed E-state index contributed by atoms with van der Waals surface area (Å²) in [5.74, 6) is -2.81. The molecule has 0 saturated carbocycles. The minimum Gasteiger partial charge on any atom is -0.354 e. The van der Waals surface area contributed by atoms with Crippen LogP contribution < -0.4 is 16.0 Å². The van der Waals surface area contributed by atoms with Gasteiger partial charge in [-0.3, -0.25) is 14.5 Å². The van der Waals surface area contributed by atoms with Gasteiger partial charge in [0.25, 0.3) is 5.91 Å². The number of halogens is 2. The number of nitrogens with one attached hydrogen (secondary N) is 3. The van der Waals surface area contributed by atoms with Gasteiger partial charge in [-0.1, -0.05) is 61.0 Å². The quantitative estimate of drug-likeness (QED) is 0.196. The van der Waals surface area contributed by atoms with E-state index >= 15 is 0 Å². The van der Waals surface area contributed by atoms with Gasteiger partial charge in [0.1, 0.15) is 0 Å². The van der Waals surface area contributed by atoms with Crippen molar-refractivity contribution in [2.24, 2.45) is 0 Å². The van der Waals surface area contributed by atoms with Gasteiger partial charge in [0.2, 0.25) is 5.91 Å². The summed E-state index contributed by atoms with van der Waals surface area (Å²) in [5, 5.41) is 9.17. The summed E-state index contributed by atoms with van der Waals surface area (Å²) < 4.78 is 27.7. The first-order chi connectivity index (χ1) is 20.9. The Kier molecular flexibility index (Phi) is 8.29. The van der Waals surface area contributed by atoms with Gasteiger partial charge < -0.3 is 16.0 Å². The molecule has 6 rings (SSSR count). The summed E-state index contributed by atoms with van der Waals surface area (Å²) >= 11 is 0. The van der Waals surface area contributed by atoms with Gasteiger partial charge in [-0.2, -0.15) is 0 Å². The Bertz CT molecular complexity index is 1680. The fraction of sp³-hybridized carbons (Fsp3) is 0.200. The molecule has 1 saturated heterocycles. The number of benzene rings is 4. The molecule has 4 aromatic carbocycles. The molecule has 8 heteroatoms. The monoisotopic (exact) mass is 578 g/mol. The van der Waals surface area contributed by atoms with Crippen LogP contribution in [0, 0.1) is 11.6 Å². The van der Waals surface area contributed by atoms with Crippen LogP contribution in [0.25, 0.3) is 11.3 Å².